The highest BCUT2D eigenvalue weighted by Gasteiger charge is 2.50. The summed E-state index contributed by atoms with van der Waals surface area (Å²) in [4.78, 5) is 12.3. The van der Waals surface area contributed by atoms with E-state index >= 15 is 0 Å². The predicted octanol–water partition coefficient (Wildman–Crippen LogP) is 6.69. The van der Waals surface area contributed by atoms with Crippen LogP contribution in [0.3, 0.4) is 0 Å². The minimum atomic E-state index is -2.55. The van der Waals surface area contributed by atoms with Gasteiger partial charge in [0, 0.05) is 19.1 Å². The normalized spacial score (nSPS) is 12.5. The van der Waals surface area contributed by atoms with Crippen molar-refractivity contribution in [3.05, 3.63) is 120 Å². The lowest BCUT2D eigenvalue weighted by atomic mass is 9.98. The predicted molar refractivity (Wildman–Crippen MR) is 291 cm³/mol. The van der Waals surface area contributed by atoms with E-state index in [4.69, 9.17) is 66.0 Å². The Morgan fingerprint density at radius 3 is 1.03 bits per heavy atom. The van der Waals surface area contributed by atoms with Gasteiger partial charge >= 0.3 is 6.09 Å². The van der Waals surface area contributed by atoms with Crippen LogP contribution < -0.4 is 15.7 Å². The fraction of sp³-hybridized carbons (Fsp3) is 0.569. The maximum atomic E-state index is 12.3. The lowest BCUT2D eigenvalue weighted by molar-refractivity contribution is -0.0285. The van der Waals surface area contributed by atoms with Crippen molar-refractivity contribution in [3.63, 3.8) is 0 Å². The molecule has 0 saturated carbocycles. The van der Waals surface area contributed by atoms with E-state index in [2.05, 4.69) is 111 Å². The Kier molecular flexibility index (Phi) is 31.6. The molecule has 0 aliphatic heterocycles. The summed E-state index contributed by atoms with van der Waals surface area (Å²) < 4.78 is 79.6. The topological polar surface area (TPSA) is 158 Å². The van der Waals surface area contributed by atoms with Crippen molar-refractivity contribution in [3.8, 4) is 11.1 Å². The molecular weight excluding hydrogens is 979 g/mol. The number of amides is 1. The second-order valence-electron chi connectivity index (χ2n) is 18.5. The van der Waals surface area contributed by atoms with Crippen LogP contribution in [0.2, 0.25) is 5.04 Å². The zero-order valence-corrected chi connectivity index (χ0v) is 45.9. The number of hydrogen-bond acceptors (Lipinski definition) is 15. The van der Waals surface area contributed by atoms with E-state index < -0.39 is 14.4 Å². The summed E-state index contributed by atoms with van der Waals surface area (Å²) in [6.45, 7) is 19.8. The highest BCUT2D eigenvalue weighted by Crippen LogP contribution is 2.44. The Labute approximate surface area is 447 Å². The summed E-state index contributed by atoms with van der Waals surface area (Å²) in [5.41, 5.74) is 4.80. The molecule has 17 heteroatoms. The van der Waals surface area contributed by atoms with Crippen molar-refractivity contribution in [1.82, 2.24) is 5.32 Å². The zero-order chi connectivity index (χ0) is 52.8. The van der Waals surface area contributed by atoms with Gasteiger partial charge in [-0.2, -0.15) is 0 Å². The SMILES string of the molecule is CC(C)(C)[Si](OCCOCCOCCOCCOCCOCCOCCOCCOCCOCCOCCOCCOCCCNC(=O)OCC1c2ccccc2-c2ccccc21)(c1ccccc1)c1ccccc1. The van der Waals surface area contributed by atoms with Crippen molar-refractivity contribution in [2.24, 2.45) is 0 Å². The molecule has 1 amide bonds. The number of nitrogens with one attached hydrogen (secondary N) is 1. The van der Waals surface area contributed by atoms with Crippen LogP contribution in [-0.2, 0) is 66.0 Å². The monoisotopic (exact) mass is 1060 g/mol. The van der Waals surface area contributed by atoms with Gasteiger partial charge in [0.1, 0.15) is 6.61 Å². The van der Waals surface area contributed by atoms with Gasteiger partial charge in [-0.1, -0.05) is 130 Å². The minimum Gasteiger partial charge on any atom is -0.449 e. The number of ether oxygens (including phenoxy) is 13. The van der Waals surface area contributed by atoms with Gasteiger partial charge in [-0.25, -0.2) is 4.79 Å². The molecule has 416 valence electrons. The van der Waals surface area contributed by atoms with Gasteiger partial charge in [0.15, 0.2) is 0 Å². The third kappa shape index (κ3) is 23.5. The Morgan fingerprint density at radius 2 is 0.693 bits per heavy atom. The summed E-state index contributed by atoms with van der Waals surface area (Å²) >= 11 is 0. The van der Waals surface area contributed by atoms with E-state index in [9.17, 15) is 4.79 Å². The fourth-order valence-electron chi connectivity index (χ4n) is 8.55. The number of benzene rings is 4. The highest BCUT2D eigenvalue weighted by molar-refractivity contribution is 6.99. The molecule has 0 spiro atoms. The van der Waals surface area contributed by atoms with Crippen molar-refractivity contribution in [2.45, 2.75) is 38.1 Å². The van der Waals surface area contributed by atoms with Gasteiger partial charge in [0.2, 0.25) is 0 Å². The molecule has 0 aromatic heterocycles. The highest BCUT2D eigenvalue weighted by atomic mass is 28.4. The van der Waals surface area contributed by atoms with E-state index in [1.165, 1.54) is 32.6 Å². The number of carbonyl (C=O) groups excluding carboxylic acids is 1. The van der Waals surface area contributed by atoms with Crippen LogP contribution in [0.25, 0.3) is 11.1 Å². The summed E-state index contributed by atoms with van der Waals surface area (Å²) in [6, 6.07) is 37.8. The van der Waals surface area contributed by atoms with Crippen molar-refractivity contribution in [2.75, 3.05) is 178 Å². The van der Waals surface area contributed by atoms with Crippen LogP contribution in [0.4, 0.5) is 4.79 Å². The average Bonchev–Trinajstić information content (AvgIpc) is 3.75. The molecule has 75 heavy (non-hydrogen) atoms. The van der Waals surface area contributed by atoms with Gasteiger partial charge in [0.05, 0.1) is 159 Å². The average molecular weight is 1060 g/mol. The maximum absolute atomic E-state index is 12.3. The van der Waals surface area contributed by atoms with E-state index in [1.54, 1.807) is 0 Å². The third-order valence-electron chi connectivity index (χ3n) is 12.1. The van der Waals surface area contributed by atoms with E-state index in [-0.39, 0.29) is 11.0 Å². The molecule has 1 aliphatic carbocycles. The first-order valence-corrected chi connectivity index (χ1v) is 28.6. The molecule has 4 aromatic rings. The zero-order valence-electron chi connectivity index (χ0n) is 44.9. The molecule has 5 rings (SSSR count). The van der Waals surface area contributed by atoms with Crippen molar-refractivity contribution < 1.29 is 70.8 Å². The molecule has 0 saturated heterocycles. The van der Waals surface area contributed by atoms with Crippen LogP contribution in [-0.4, -0.2) is 193 Å². The maximum Gasteiger partial charge on any atom is 0.407 e. The van der Waals surface area contributed by atoms with Gasteiger partial charge in [-0.05, 0) is 44.1 Å². The molecule has 0 heterocycles. The van der Waals surface area contributed by atoms with E-state index in [0.29, 0.717) is 185 Å². The first kappa shape index (κ1) is 61.7. The molecule has 0 bridgehead atoms. The largest absolute Gasteiger partial charge is 0.449 e. The second kappa shape index (κ2) is 38.4. The number of rotatable bonds is 45. The summed E-state index contributed by atoms with van der Waals surface area (Å²) in [6.07, 6.45) is 0.262. The van der Waals surface area contributed by atoms with Gasteiger partial charge in [-0.15, -0.1) is 0 Å². The minimum absolute atomic E-state index is 0.0442. The van der Waals surface area contributed by atoms with Crippen LogP contribution >= 0.6 is 0 Å². The van der Waals surface area contributed by atoms with E-state index in [1.807, 2.05) is 24.3 Å². The van der Waals surface area contributed by atoms with Gasteiger partial charge < -0.3 is 71.3 Å². The summed E-state index contributed by atoms with van der Waals surface area (Å²) in [5.74, 6) is 0.0442. The first-order valence-electron chi connectivity index (χ1n) is 26.7. The first-order chi connectivity index (χ1) is 36.9. The third-order valence-corrected chi connectivity index (χ3v) is 17.2. The smallest absolute Gasteiger partial charge is 0.407 e. The Bertz CT molecular complexity index is 1960. The standard InChI is InChI=1S/C58H85NO15Si/c1-58(2,3)75(50-15-6-4-7-16-50,51-17-8-5-9-18-51)74-48-47-72-46-45-71-44-43-70-42-41-69-40-39-68-38-37-67-36-35-66-34-33-65-32-31-64-30-29-63-28-27-62-26-25-61-24-14-23-59-57(60)73-49-56-54-21-12-10-19-52(54)53-20-11-13-22-55(53)56/h4-13,15-22,56H,14,23-49H2,1-3H3,(H,59,60). The van der Waals surface area contributed by atoms with Gasteiger partial charge in [0.25, 0.3) is 8.32 Å². The Morgan fingerprint density at radius 1 is 0.400 bits per heavy atom. The molecule has 0 fully saturated rings. The van der Waals surface area contributed by atoms with Crippen LogP contribution in [0.1, 0.15) is 44.2 Å². The number of carbonyl (C=O) groups is 1. The van der Waals surface area contributed by atoms with Crippen LogP contribution in [0.15, 0.2) is 109 Å². The number of hydrogen-bond donors (Lipinski definition) is 1. The fourth-order valence-corrected chi connectivity index (χ4v) is 13.1. The van der Waals surface area contributed by atoms with E-state index in [0.717, 1.165) is 0 Å². The molecular formula is C58H85NO15Si. The molecule has 1 N–H and O–H groups in total. The lowest BCUT2D eigenvalue weighted by Gasteiger charge is -2.43. The molecule has 0 radical (unpaired) electrons. The summed E-state index contributed by atoms with van der Waals surface area (Å²) in [5, 5.41) is 5.27. The molecule has 1 aliphatic rings. The second-order valence-corrected chi connectivity index (χ2v) is 22.8. The van der Waals surface area contributed by atoms with Crippen LogP contribution in [0, 0.1) is 0 Å². The van der Waals surface area contributed by atoms with Gasteiger partial charge in [-0.3, -0.25) is 0 Å². The Hall–Kier alpha value is -4.15. The van der Waals surface area contributed by atoms with Crippen molar-refractivity contribution in [1.29, 1.82) is 0 Å². The molecule has 16 nitrogen and oxygen atoms in total. The quantitative estimate of drug-likeness (QED) is 0.0369. The van der Waals surface area contributed by atoms with Crippen molar-refractivity contribution >= 4 is 24.8 Å². The number of alkyl carbamates (subject to hydrolysis) is 1. The molecule has 4 aromatic carbocycles. The lowest BCUT2D eigenvalue weighted by Crippen LogP contribution is -2.66. The van der Waals surface area contributed by atoms with Crippen LogP contribution in [0.5, 0.6) is 0 Å². The number of fused-ring (bicyclic) bond motifs is 3. The summed E-state index contributed by atoms with van der Waals surface area (Å²) in [7, 11) is -2.55. The Balaban J connectivity index is 0.671. The molecule has 0 atom stereocenters. The molecule has 0 unspecified atom stereocenters.